The van der Waals surface area contributed by atoms with Crippen LogP contribution in [0.1, 0.15) is 19.3 Å². The molecule has 1 N–H and O–H groups in total. The van der Waals surface area contributed by atoms with E-state index in [1.807, 2.05) is 0 Å². The van der Waals surface area contributed by atoms with Crippen LogP contribution in [0.5, 0.6) is 0 Å². The molecule has 2 rings (SSSR count). The molecule has 2 aliphatic rings. The van der Waals surface area contributed by atoms with Crippen molar-refractivity contribution in [2.75, 3.05) is 38.8 Å². The molecule has 0 aromatic heterocycles. The molecule has 0 bridgehead atoms. The summed E-state index contributed by atoms with van der Waals surface area (Å²) < 4.78 is 27.9. The highest BCUT2D eigenvalue weighted by molar-refractivity contribution is 7.91. The quantitative estimate of drug-likeness (QED) is 0.510. The molecule has 1 saturated carbocycles. The number of methoxy groups -OCH3 is 1. The van der Waals surface area contributed by atoms with Crippen molar-refractivity contribution in [2.24, 2.45) is 5.41 Å². The Morgan fingerprint density at radius 2 is 2.05 bits per heavy atom. The minimum atomic E-state index is -3.05. The maximum absolute atomic E-state index is 12.5. The van der Waals surface area contributed by atoms with Crippen LogP contribution in [0.3, 0.4) is 0 Å². The lowest BCUT2D eigenvalue weighted by atomic mass is 10.0. The summed E-state index contributed by atoms with van der Waals surface area (Å²) in [6.45, 7) is 0.763. The highest BCUT2D eigenvalue weighted by Crippen LogP contribution is 2.47. The molecule has 21 heavy (non-hydrogen) atoms. The summed E-state index contributed by atoms with van der Waals surface area (Å²) in [5.41, 5.74) is -0.991. The first-order valence-electron chi connectivity index (χ1n) is 7.07. The summed E-state index contributed by atoms with van der Waals surface area (Å²) in [6, 6.07) is -0.313. The Morgan fingerprint density at radius 1 is 1.38 bits per heavy atom. The molecule has 7 nitrogen and oxygen atoms in total. The van der Waals surface area contributed by atoms with Crippen molar-refractivity contribution >= 4 is 21.7 Å². The number of rotatable bonds is 6. The standard InChI is InChI=1S/C13H22N2O5S/c1-15(10-3-8-21(18,19)9-10)12(17)13(4-5-13)11(16)14-6-7-20-2/h10H,3-9H2,1-2H3,(H,14,16). The smallest absolute Gasteiger partial charge is 0.238 e. The largest absolute Gasteiger partial charge is 0.383 e. The van der Waals surface area contributed by atoms with Gasteiger partial charge in [-0.05, 0) is 19.3 Å². The zero-order chi connectivity index (χ0) is 15.7. The van der Waals surface area contributed by atoms with Crippen LogP contribution in [-0.2, 0) is 24.2 Å². The van der Waals surface area contributed by atoms with E-state index >= 15 is 0 Å². The number of hydrogen-bond acceptors (Lipinski definition) is 5. The summed E-state index contributed by atoms with van der Waals surface area (Å²) in [6.07, 6.45) is 1.49. The lowest BCUT2D eigenvalue weighted by molar-refractivity contribution is -0.144. The fourth-order valence-corrected chi connectivity index (χ4v) is 4.46. The van der Waals surface area contributed by atoms with Gasteiger partial charge in [0.1, 0.15) is 5.41 Å². The van der Waals surface area contributed by atoms with E-state index in [4.69, 9.17) is 4.74 Å². The van der Waals surface area contributed by atoms with Crippen molar-refractivity contribution in [3.8, 4) is 0 Å². The fourth-order valence-electron chi connectivity index (χ4n) is 2.68. The molecule has 8 heteroatoms. The first kappa shape index (κ1) is 16.2. The van der Waals surface area contributed by atoms with Gasteiger partial charge in [0.15, 0.2) is 9.84 Å². The van der Waals surface area contributed by atoms with Crippen molar-refractivity contribution in [1.29, 1.82) is 0 Å². The van der Waals surface area contributed by atoms with Crippen LogP contribution in [0.4, 0.5) is 0 Å². The van der Waals surface area contributed by atoms with E-state index < -0.39 is 15.3 Å². The zero-order valence-corrected chi connectivity index (χ0v) is 13.2. The molecule has 1 saturated heterocycles. The van der Waals surface area contributed by atoms with Gasteiger partial charge in [-0.25, -0.2) is 8.42 Å². The van der Waals surface area contributed by atoms with Gasteiger partial charge in [-0.15, -0.1) is 0 Å². The molecule has 0 radical (unpaired) electrons. The van der Waals surface area contributed by atoms with Gasteiger partial charge in [0, 0.05) is 26.7 Å². The second-order valence-corrected chi connectivity index (χ2v) is 8.03. The van der Waals surface area contributed by atoms with Gasteiger partial charge >= 0.3 is 0 Å². The summed E-state index contributed by atoms with van der Waals surface area (Å²) >= 11 is 0. The van der Waals surface area contributed by atoms with Crippen LogP contribution in [0.15, 0.2) is 0 Å². The predicted molar refractivity (Wildman–Crippen MR) is 76.4 cm³/mol. The molecular weight excluding hydrogens is 296 g/mol. The van der Waals surface area contributed by atoms with Crippen LogP contribution in [0, 0.1) is 5.41 Å². The maximum Gasteiger partial charge on any atom is 0.238 e. The highest BCUT2D eigenvalue weighted by Gasteiger charge is 2.58. The number of nitrogens with one attached hydrogen (secondary N) is 1. The third-order valence-electron chi connectivity index (χ3n) is 4.26. The molecule has 1 aliphatic heterocycles. The first-order valence-corrected chi connectivity index (χ1v) is 8.89. The predicted octanol–water partition coefficient (Wildman–Crippen LogP) is -0.825. The van der Waals surface area contributed by atoms with Gasteiger partial charge in [-0.3, -0.25) is 9.59 Å². The third kappa shape index (κ3) is 3.37. The SMILES string of the molecule is COCCNC(=O)C1(C(=O)N(C)C2CCS(=O)(=O)C2)CC1. The monoisotopic (exact) mass is 318 g/mol. The number of sulfone groups is 1. The lowest BCUT2D eigenvalue weighted by Gasteiger charge is -2.27. The van der Waals surface area contributed by atoms with Crippen molar-refractivity contribution in [3.63, 3.8) is 0 Å². The van der Waals surface area contributed by atoms with Gasteiger partial charge in [-0.1, -0.05) is 0 Å². The average Bonchev–Trinajstić information content (AvgIpc) is 3.16. The Balaban J connectivity index is 1.97. The van der Waals surface area contributed by atoms with Crippen LogP contribution in [0.25, 0.3) is 0 Å². The van der Waals surface area contributed by atoms with Crippen molar-refractivity contribution in [1.82, 2.24) is 10.2 Å². The first-order chi connectivity index (χ1) is 9.82. The van der Waals surface area contributed by atoms with Crippen LogP contribution >= 0.6 is 0 Å². The molecule has 0 aromatic rings. The number of hydrogen-bond donors (Lipinski definition) is 1. The van der Waals surface area contributed by atoms with Crippen LogP contribution < -0.4 is 5.32 Å². The Kier molecular flexibility index (Phi) is 4.57. The number of ether oxygens (including phenoxy) is 1. The Morgan fingerprint density at radius 3 is 2.52 bits per heavy atom. The minimum absolute atomic E-state index is 0.00336. The van der Waals surface area contributed by atoms with Gasteiger partial charge in [0.2, 0.25) is 11.8 Å². The van der Waals surface area contributed by atoms with E-state index in [0.717, 1.165) is 0 Å². The van der Waals surface area contributed by atoms with E-state index in [2.05, 4.69) is 5.32 Å². The number of nitrogens with zero attached hydrogens (tertiary/aromatic N) is 1. The molecule has 2 amide bonds. The molecule has 1 aliphatic carbocycles. The number of carbonyl (C=O) groups excluding carboxylic acids is 2. The highest BCUT2D eigenvalue weighted by atomic mass is 32.2. The Bertz CT molecular complexity index is 527. The van der Waals surface area contributed by atoms with E-state index in [9.17, 15) is 18.0 Å². The average molecular weight is 318 g/mol. The van der Waals surface area contributed by atoms with E-state index in [1.165, 1.54) is 4.90 Å². The normalized spacial score (nSPS) is 25.3. The summed E-state index contributed by atoms with van der Waals surface area (Å²) in [4.78, 5) is 26.1. The summed E-state index contributed by atoms with van der Waals surface area (Å²) in [5, 5.41) is 2.70. The number of amides is 2. The molecule has 2 fully saturated rings. The third-order valence-corrected chi connectivity index (χ3v) is 6.01. The zero-order valence-electron chi connectivity index (χ0n) is 12.4. The number of carbonyl (C=O) groups is 2. The summed E-state index contributed by atoms with van der Waals surface area (Å²) in [7, 11) is 0.0859. The molecule has 1 atom stereocenters. The van der Waals surface area contributed by atoms with E-state index in [1.54, 1.807) is 14.2 Å². The van der Waals surface area contributed by atoms with Gasteiger partial charge < -0.3 is 15.0 Å². The molecule has 1 heterocycles. The van der Waals surface area contributed by atoms with Crippen LogP contribution in [-0.4, -0.2) is 70.0 Å². The Hall–Kier alpha value is -1.15. The molecule has 1 unspecified atom stereocenters. The van der Waals surface area contributed by atoms with E-state index in [-0.39, 0.29) is 29.4 Å². The van der Waals surface area contributed by atoms with Gasteiger partial charge in [-0.2, -0.15) is 0 Å². The summed E-state index contributed by atoms with van der Waals surface area (Å²) in [5.74, 6) is -0.435. The van der Waals surface area contributed by atoms with Gasteiger partial charge in [0.05, 0.1) is 18.1 Å². The van der Waals surface area contributed by atoms with Gasteiger partial charge in [0.25, 0.3) is 0 Å². The topological polar surface area (TPSA) is 92.8 Å². The minimum Gasteiger partial charge on any atom is -0.383 e. The Labute approximate surface area is 124 Å². The second kappa shape index (κ2) is 5.92. The molecule has 0 aromatic carbocycles. The van der Waals surface area contributed by atoms with Crippen LogP contribution in [0.2, 0.25) is 0 Å². The molecule has 120 valence electrons. The van der Waals surface area contributed by atoms with Crippen molar-refractivity contribution < 1.29 is 22.7 Å². The van der Waals surface area contributed by atoms with E-state index in [0.29, 0.717) is 32.4 Å². The lowest BCUT2D eigenvalue weighted by Crippen LogP contribution is -2.48. The maximum atomic E-state index is 12.5. The fraction of sp³-hybridized carbons (Fsp3) is 0.846. The molecule has 0 spiro atoms. The second-order valence-electron chi connectivity index (χ2n) is 5.80. The molecular formula is C13H22N2O5S. The van der Waals surface area contributed by atoms with Crippen molar-refractivity contribution in [3.05, 3.63) is 0 Å². The van der Waals surface area contributed by atoms with Crippen molar-refractivity contribution in [2.45, 2.75) is 25.3 Å².